The highest BCUT2D eigenvalue weighted by Crippen LogP contribution is 2.27. The molecule has 0 aromatic heterocycles. The number of carboxylic acid groups (broad SMARTS) is 1. The molecular weight excluding hydrogens is 582 g/mol. The van der Waals surface area contributed by atoms with Gasteiger partial charge in [0.2, 0.25) is 5.91 Å². The van der Waals surface area contributed by atoms with Crippen LogP contribution in [0.3, 0.4) is 0 Å². The first kappa shape index (κ1) is 31.4. The summed E-state index contributed by atoms with van der Waals surface area (Å²) in [6.45, 7) is 0. The third-order valence-corrected chi connectivity index (χ3v) is 7.14. The molecule has 10 nitrogen and oxygen atoms in total. The largest absolute Gasteiger partial charge is 0.497 e. The molecule has 0 atom stereocenters. The second-order valence-electron chi connectivity index (χ2n) is 9.19. The molecule has 0 bridgehead atoms. The van der Waals surface area contributed by atoms with E-state index < -0.39 is 17.8 Å². The fraction of sp³-hybridized carbons (Fsp3) is 0.0909. The Labute approximate surface area is 258 Å². The van der Waals surface area contributed by atoms with Gasteiger partial charge in [-0.3, -0.25) is 14.4 Å². The van der Waals surface area contributed by atoms with Gasteiger partial charge in [-0.1, -0.05) is 24.3 Å². The molecule has 4 aromatic carbocycles. The molecule has 0 unspecified atom stereocenters. The smallest absolute Gasteiger partial charge is 0.335 e. The summed E-state index contributed by atoms with van der Waals surface area (Å²) in [5.74, 6) is -1.30. The summed E-state index contributed by atoms with van der Waals surface area (Å²) in [6.07, 6.45) is 1.50. The molecule has 3 amide bonds. The monoisotopic (exact) mass is 611 g/mol. The molecule has 0 spiro atoms. The molecule has 224 valence electrons. The van der Waals surface area contributed by atoms with Crippen molar-refractivity contribution >= 4 is 52.9 Å². The number of ether oxygens (including phenoxy) is 2. The van der Waals surface area contributed by atoms with Gasteiger partial charge in [0.15, 0.2) is 0 Å². The maximum atomic E-state index is 13.5. The molecule has 0 radical (unpaired) electrons. The Balaban J connectivity index is 1.49. The van der Waals surface area contributed by atoms with Gasteiger partial charge >= 0.3 is 5.97 Å². The van der Waals surface area contributed by atoms with E-state index in [1.54, 1.807) is 72.8 Å². The maximum Gasteiger partial charge on any atom is 0.335 e. The van der Waals surface area contributed by atoms with Gasteiger partial charge in [0.1, 0.15) is 17.2 Å². The number of hydrogen-bond donors (Lipinski definition) is 4. The number of rotatable bonds is 12. The fourth-order valence-electron chi connectivity index (χ4n) is 3.95. The zero-order valence-electron chi connectivity index (χ0n) is 23.8. The fourth-order valence-corrected chi connectivity index (χ4v) is 4.71. The summed E-state index contributed by atoms with van der Waals surface area (Å²) in [6, 6.07) is 26.4. The number of amides is 3. The Bertz CT molecular complexity index is 1690. The predicted octanol–water partition coefficient (Wildman–Crippen LogP) is 5.54. The van der Waals surface area contributed by atoms with Crippen LogP contribution in [-0.4, -0.2) is 48.8 Å². The molecule has 4 N–H and O–H groups in total. The number of carboxylic acids is 1. The van der Waals surface area contributed by atoms with Crippen LogP contribution in [0.2, 0.25) is 0 Å². The zero-order valence-corrected chi connectivity index (χ0v) is 24.6. The zero-order chi connectivity index (χ0) is 31.5. The van der Waals surface area contributed by atoms with E-state index in [-0.39, 0.29) is 22.9 Å². The highest BCUT2D eigenvalue weighted by Gasteiger charge is 2.17. The van der Waals surface area contributed by atoms with Crippen molar-refractivity contribution in [3.05, 3.63) is 119 Å². The van der Waals surface area contributed by atoms with E-state index in [9.17, 15) is 19.2 Å². The lowest BCUT2D eigenvalue weighted by molar-refractivity contribution is -0.114. The summed E-state index contributed by atoms with van der Waals surface area (Å²) in [5, 5.41) is 17.3. The van der Waals surface area contributed by atoms with Crippen LogP contribution < -0.4 is 25.4 Å². The second kappa shape index (κ2) is 15.1. The third kappa shape index (κ3) is 8.73. The van der Waals surface area contributed by atoms with Gasteiger partial charge in [0, 0.05) is 27.4 Å². The van der Waals surface area contributed by atoms with Crippen LogP contribution >= 0.6 is 11.8 Å². The first-order valence-electron chi connectivity index (χ1n) is 13.2. The van der Waals surface area contributed by atoms with Crippen LogP contribution in [0.25, 0.3) is 6.08 Å². The average Bonchev–Trinajstić information content (AvgIpc) is 3.04. The van der Waals surface area contributed by atoms with E-state index in [1.807, 2.05) is 0 Å². The lowest BCUT2D eigenvalue weighted by atomic mass is 10.1. The van der Waals surface area contributed by atoms with E-state index in [2.05, 4.69) is 16.0 Å². The number of anilines is 2. The summed E-state index contributed by atoms with van der Waals surface area (Å²) >= 11 is 1.25. The van der Waals surface area contributed by atoms with E-state index in [0.717, 1.165) is 0 Å². The van der Waals surface area contributed by atoms with Crippen LogP contribution in [-0.2, 0) is 9.59 Å². The molecule has 0 aliphatic rings. The van der Waals surface area contributed by atoms with Crippen molar-refractivity contribution in [3.63, 3.8) is 0 Å². The molecular formula is C33H29N3O7S. The molecule has 0 heterocycles. The van der Waals surface area contributed by atoms with Crippen LogP contribution in [0.5, 0.6) is 11.5 Å². The van der Waals surface area contributed by atoms with Crippen LogP contribution in [0, 0.1) is 0 Å². The van der Waals surface area contributed by atoms with Crippen molar-refractivity contribution in [1.82, 2.24) is 5.32 Å². The number of carbonyl (C=O) groups excluding carboxylic acids is 3. The van der Waals surface area contributed by atoms with Gasteiger partial charge in [-0.15, -0.1) is 11.8 Å². The summed E-state index contributed by atoms with van der Waals surface area (Å²) in [7, 11) is 3.02. The molecule has 0 aliphatic carbocycles. The number of nitrogens with one attached hydrogen (secondary N) is 3. The molecule has 0 aliphatic heterocycles. The third-order valence-electron chi connectivity index (χ3n) is 6.14. The first-order chi connectivity index (χ1) is 21.2. The van der Waals surface area contributed by atoms with Crippen LogP contribution in [0.15, 0.2) is 108 Å². The molecule has 4 rings (SSSR count). The minimum Gasteiger partial charge on any atom is -0.497 e. The summed E-state index contributed by atoms with van der Waals surface area (Å²) in [5.41, 5.74) is 1.90. The van der Waals surface area contributed by atoms with Gasteiger partial charge in [0.05, 0.1) is 25.5 Å². The Morgan fingerprint density at radius 1 is 0.773 bits per heavy atom. The van der Waals surface area contributed by atoms with Gasteiger partial charge in [0.25, 0.3) is 11.8 Å². The quantitative estimate of drug-likeness (QED) is 0.121. The van der Waals surface area contributed by atoms with Gasteiger partial charge in [-0.25, -0.2) is 4.79 Å². The minimum absolute atomic E-state index is 0.0308. The van der Waals surface area contributed by atoms with Gasteiger partial charge in [-0.2, -0.15) is 0 Å². The number of hydrogen-bond acceptors (Lipinski definition) is 7. The van der Waals surface area contributed by atoms with Crippen molar-refractivity contribution in [2.45, 2.75) is 4.90 Å². The Hall–Kier alpha value is -5.55. The molecule has 0 saturated heterocycles. The number of carbonyl (C=O) groups is 4. The van der Waals surface area contributed by atoms with E-state index >= 15 is 0 Å². The maximum absolute atomic E-state index is 13.5. The van der Waals surface area contributed by atoms with Crippen molar-refractivity contribution in [3.8, 4) is 11.5 Å². The van der Waals surface area contributed by atoms with E-state index in [4.69, 9.17) is 14.6 Å². The van der Waals surface area contributed by atoms with Crippen LogP contribution in [0.4, 0.5) is 11.4 Å². The van der Waals surface area contributed by atoms with Crippen molar-refractivity contribution in [1.29, 1.82) is 0 Å². The van der Waals surface area contributed by atoms with E-state index in [0.29, 0.717) is 38.9 Å². The highest BCUT2D eigenvalue weighted by atomic mass is 32.2. The lowest BCUT2D eigenvalue weighted by Crippen LogP contribution is -2.30. The standard InChI is InChI=1S/C33H29N3O7S/c1-42-26-15-16-29(43-2)23(17-26)18-28(36-31(38)21-7-4-3-5-8-21)32(39)35-25-9-6-10-27(19-25)44-20-30(37)34-24-13-11-22(12-14-24)33(40)41/h3-19H,20H2,1-2H3,(H,34,37)(H,35,39)(H,36,38)(H,40,41)/b28-18+. The number of benzene rings is 4. The number of thioether (sulfide) groups is 1. The summed E-state index contributed by atoms with van der Waals surface area (Å²) in [4.78, 5) is 50.7. The lowest BCUT2D eigenvalue weighted by Gasteiger charge is -2.13. The highest BCUT2D eigenvalue weighted by molar-refractivity contribution is 8.00. The van der Waals surface area contributed by atoms with Crippen LogP contribution in [0.1, 0.15) is 26.3 Å². The minimum atomic E-state index is -1.05. The molecule has 11 heteroatoms. The molecule has 0 fully saturated rings. The van der Waals surface area contributed by atoms with Crippen molar-refractivity contribution < 1.29 is 33.8 Å². The predicted molar refractivity (Wildman–Crippen MR) is 169 cm³/mol. The molecule has 44 heavy (non-hydrogen) atoms. The Kier molecular flexibility index (Phi) is 10.8. The Morgan fingerprint density at radius 3 is 2.20 bits per heavy atom. The number of methoxy groups -OCH3 is 2. The normalized spacial score (nSPS) is 10.8. The van der Waals surface area contributed by atoms with Crippen molar-refractivity contribution in [2.24, 2.45) is 0 Å². The molecule has 4 aromatic rings. The second-order valence-corrected chi connectivity index (χ2v) is 10.2. The van der Waals surface area contributed by atoms with Gasteiger partial charge in [-0.05, 0) is 78.9 Å². The first-order valence-corrected chi connectivity index (χ1v) is 14.2. The topological polar surface area (TPSA) is 143 Å². The number of aromatic carboxylic acids is 1. The average molecular weight is 612 g/mol. The summed E-state index contributed by atoms with van der Waals surface area (Å²) < 4.78 is 10.8. The molecule has 0 saturated carbocycles. The van der Waals surface area contributed by atoms with Gasteiger partial charge < -0.3 is 30.5 Å². The van der Waals surface area contributed by atoms with Crippen molar-refractivity contribution in [2.75, 3.05) is 30.6 Å². The van der Waals surface area contributed by atoms with E-state index in [1.165, 1.54) is 56.3 Å². The Morgan fingerprint density at radius 2 is 1.52 bits per heavy atom. The SMILES string of the molecule is COc1ccc(OC)c(/C=C(/NC(=O)c2ccccc2)C(=O)Nc2cccc(SCC(=O)Nc3ccc(C(=O)O)cc3)c2)c1.